The zero-order valence-electron chi connectivity index (χ0n) is 9.17. The zero-order chi connectivity index (χ0) is 11.4. The van der Waals surface area contributed by atoms with Gasteiger partial charge in [-0.3, -0.25) is 4.90 Å². The van der Waals surface area contributed by atoms with Crippen molar-refractivity contribution in [2.45, 2.75) is 12.6 Å². The fourth-order valence-corrected chi connectivity index (χ4v) is 1.87. The Morgan fingerprint density at radius 3 is 3.25 bits per heavy atom. The van der Waals surface area contributed by atoms with E-state index in [2.05, 4.69) is 9.88 Å². The maximum Gasteiger partial charge on any atom is 0.127 e. The van der Waals surface area contributed by atoms with Gasteiger partial charge in [-0.2, -0.15) is 0 Å². The van der Waals surface area contributed by atoms with Gasteiger partial charge in [0.25, 0.3) is 0 Å². The molecule has 2 heterocycles. The minimum absolute atomic E-state index is 0.0633. The molecule has 2 rings (SSSR count). The number of pyridine rings is 1. The fraction of sp³-hybridized carbons (Fsp3) is 0.545. The molecule has 0 amide bonds. The summed E-state index contributed by atoms with van der Waals surface area (Å²) < 4.78 is 5.32. The lowest BCUT2D eigenvalue weighted by molar-refractivity contribution is -0.0312. The molecule has 1 atom stereocenters. The quantitative estimate of drug-likeness (QED) is 0.746. The molecule has 1 unspecified atom stereocenters. The van der Waals surface area contributed by atoms with Gasteiger partial charge in [-0.05, 0) is 6.07 Å². The van der Waals surface area contributed by atoms with Crippen LogP contribution in [-0.2, 0) is 11.3 Å². The van der Waals surface area contributed by atoms with Crippen molar-refractivity contribution in [1.82, 2.24) is 9.88 Å². The molecular formula is C11H17N3O2. The summed E-state index contributed by atoms with van der Waals surface area (Å²) in [6.07, 6.45) is 1.68. The summed E-state index contributed by atoms with van der Waals surface area (Å²) >= 11 is 0. The zero-order valence-corrected chi connectivity index (χ0v) is 9.17. The SMILES string of the molecule is Nc1ncccc1CN1CCOCC1CO. The van der Waals surface area contributed by atoms with E-state index in [1.165, 1.54) is 0 Å². The van der Waals surface area contributed by atoms with Gasteiger partial charge in [-0.25, -0.2) is 4.98 Å². The number of hydrogen-bond donors (Lipinski definition) is 2. The molecule has 0 aliphatic carbocycles. The maximum atomic E-state index is 9.24. The van der Waals surface area contributed by atoms with E-state index < -0.39 is 0 Å². The molecule has 1 saturated heterocycles. The number of nitrogen functional groups attached to an aromatic ring is 1. The second kappa shape index (κ2) is 5.25. The van der Waals surface area contributed by atoms with Crippen LogP contribution in [0.4, 0.5) is 5.82 Å². The van der Waals surface area contributed by atoms with Gasteiger partial charge in [0.2, 0.25) is 0 Å². The molecule has 0 spiro atoms. The van der Waals surface area contributed by atoms with E-state index in [9.17, 15) is 5.11 Å². The highest BCUT2D eigenvalue weighted by atomic mass is 16.5. The molecule has 0 radical (unpaired) electrons. The van der Waals surface area contributed by atoms with Crippen LogP contribution in [-0.4, -0.2) is 47.4 Å². The molecule has 1 aromatic heterocycles. The average molecular weight is 223 g/mol. The van der Waals surface area contributed by atoms with Crippen molar-refractivity contribution < 1.29 is 9.84 Å². The molecular weight excluding hydrogens is 206 g/mol. The third-order valence-corrected chi connectivity index (χ3v) is 2.86. The number of rotatable bonds is 3. The van der Waals surface area contributed by atoms with Gasteiger partial charge < -0.3 is 15.6 Å². The summed E-state index contributed by atoms with van der Waals surface area (Å²) in [4.78, 5) is 6.23. The van der Waals surface area contributed by atoms with E-state index in [-0.39, 0.29) is 12.6 Å². The molecule has 1 fully saturated rings. The highest BCUT2D eigenvalue weighted by Crippen LogP contribution is 2.15. The molecule has 5 heteroatoms. The van der Waals surface area contributed by atoms with Crippen LogP contribution in [0.15, 0.2) is 18.3 Å². The van der Waals surface area contributed by atoms with E-state index in [4.69, 9.17) is 10.5 Å². The largest absolute Gasteiger partial charge is 0.395 e. The Kier molecular flexibility index (Phi) is 3.71. The van der Waals surface area contributed by atoms with Crippen LogP contribution in [0.25, 0.3) is 0 Å². The molecule has 1 aliphatic heterocycles. The number of hydrogen-bond acceptors (Lipinski definition) is 5. The van der Waals surface area contributed by atoms with Gasteiger partial charge in [0.1, 0.15) is 5.82 Å². The molecule has 1 aromatic rings. The summed E-state index contributed by atoms with van der Waals surface area (Å²) in [5.41, 5.74) is 6.80. The van der Waals surface area contributed by atoms with Crippen LogP contribution < -0.4 is 5.73 Å². The first kappa shape index (κ1) is 11.3. The van der Waals surface area contributed by atoms with Gasteiger partial charge in [0.15, 0.2) is 0 Å². The predicted octanol–water partition coefficient (Wildman–Crippen LogP) is -0.143. The number of aliphatic hydroxyl groups excluding tert-OH is 1. The molecule has 1 aliphatic rings. The lowest BCUT2D eigenvalue weighted by Gasteiger charge is -2.34. The Labute approximate surface area is 94.8 Å². The monoisotopic (exact) mass is 223 g/mol. The lowest BCUT2D eigenvalue weighted by atomic mass is 10.2. The van der Waals surface area contributed by atoms with Gasteiger partial charge in [0.05, 0.1) is 25.9 Å². The highest BCUT2D eigenvalue weighted by molar-refractivity contribution is 5.38. The topological polar surface area (TPSA) is 71.6 Å². The Bertz CT molecular complexity index is 346. The first-order chi connectivity index (χ1) is 7.81. The first-order valence-electron chi connectivity index (χ1n) is 5.43. The second-order valence-corrected chi connectivity index (χ2v) is 3.93. The number of aromatic nitrogens is 1. The highest BCUT2D eigenvalue weighted by Gasteiger charge is 2.22. The molecule has 0 bridgehead atoms. The van der Waals surface area contributed by atoms with Crippen molar-refractivity contribution in [3.8, 4) is 0 Å². The molecule has 88 valence electrons. The molecule has 16 heavy (non-hydrogen) atoms. The van der Waals surface area contributed by atoms with Crippen molar-refractivity contribution in [3.63, 3.8) is 0 Å². The van der Waals surface area contributed by atoms with Crippen molar-refractivity contribution >= 4 is 5.82 Å². The third kappa shape index (κ3) is 2.49. The first-order valence-corrected chi connectivity index (χ1v) is 5.43. The standard InChI is InChI=1S/C11H17N3O2/c12-11-9(2-1-3-13-11)6-14-4-5-16-8-10(14)7-15/h1-3,10,15H,4-8H2,(H2,12,13). The lowest BCUT2D eigenvalue weighted by Crippen LogP contribution is -2.46. The number of morpholine rings is 1. The fourth-order valence-electron chi connectivity index (χ4n) is 1.87. The number of nitrogens with two attached hydrogens (primary N) is 1. The van der Waals surface area contributed by atoms with Crippen LogP contribution in [0.1, 0.15) is 5.56 Å². The summed E-state index contributed by atoms with van der Waals surface area (Å²) in [5, 5.41) is 9.24. The van der Waals surface area contributed by atoms with E-state index in [1.807, 2.05) is 12.1 Å². The van der Waals surface area contributed by atoms with Crippen molar-refractivity contribution in [3.05, 3.63) is 23.9 Å². The van der Waals surface area contributed by atoms with Crippen molar-refractivity contribution in [1.29, 1.82) is 0 Å². The molecule has 3 N–H and O–H groups in total. The Morgan fingerprint density at radius 2 is 2.50 bits per heavy atom. The number of anilines is 1. The van der Waals surface area contributed by atoms with E-state index in [0.29, 0.717) is 25.6 Å². The van der Waals surface area contributed by atoms with E-state index in [1.54, 1.807) is 6.20 Å². The average Bonchev–Trinajstić information content (AvgIpc) is 2.33. The number of nitrogens with zero attached hydrogens (tertiary/aromatic N) is 2. The molecule has 0 saturated carbocycles. The normalized spacial score (nSPS) is 22.2. The Hall–Kier alpha value is -1.17. The van der Waals surface area contributed by atoms with Crippen LogP contribution in [0.2, 0.25) is 0 Å². The summed E-state index contributed by atoms with van der Waals surface area (Å²) in [5.74, 6) is 0.561. The minimum atomic E-state index is 0.0633. The third-order valence-electron chi connectivity index (χ3n) is 2.86. The van der Waals surface area contributed by atoms with E-state index in [0.717, 1.165) is 12.1 Å². The molecule has 0 aromatic carbocycles. The van der Waals surface area contributed by atoms with Crippen LogP contribution >= 0.6 is 0 Å². The van der Waals surface area contributed by atoms with Crippen molar-refractivity contribution in [2.75, 3.05) is 32.1 Å². The van der Waals surface area contributed by atoms with Crippen LogP contribution in [0.5, 0.6) is 0 Å². The Balaban J connectivity index is 2.05. The Morgan fingerprint density at radius 1 is 1.62 bits per heavy atom. The van der Waals surface area contributed by atoms with Crippen LogP contribution in [0.3, 0.4) is 0 Å². The second-order valence-electron chi connectivity index (χ2n) is 3.93. The van der Waals surface area contributed by atoms with Crippen molar-refractivity contribution in [2.24, 2.45) is 0 Å². The van der Waals surface area contributed by atoms with Gasteiger partial charge >= 0.3 is 0 Å². The van der Waals surface area contributed by atoms with Gasteiger partial charge in [-0.1, -0.05) is 6.07 Å². The van der Waals surface area contributed by atoms with Gasteiger partial charge in [0, 0.05) is 24.8 Å². The number of aliphatic hydroxyl groups is 1. The molecule has 5 nitrogen and oxygen atoms in total. The number of ether oxygens (including phenoxy) is 1. The predicted molar refractivity (Wildman–Crippen MR) is 60.8 cm³/mol. The summed E-state index contributed by atoms with van der Waals surface area (Å²) in [6.45, 7) is 2.93. The summed E-state index contributed by atoms with van der Waals surface area (Å²) in [7, 11) is 0. The minimum Gasteiger partial charge on any atom is -0.395 e. The summed E-state index contributed by atoms with van der Waals surface area (Å²) in [6, 6.07) is 3.90. The maximum absolute atomic E-state index is 9.24. The smallest absolute Gasteiger partial charge is 0.127 e. The van der Waals surface area contributed by atoms with Crippen LogP contribution in [0, 0.1) is 0 Å². The van der Waals surface area contributed by atoms with Gasteiger partial charge in [-0.15, -0.1) is 0 Å². The van der Waals surface area contributed by atoms with E-state index >= 15 is 0 Å².